The molecular weight excluding hydrogens is 328 g/mol. The molecule has 7 heteroatoms. The zero-order chi connectivity index (χ0) is 17.3. The fourth-order valence-electron chi connectivity index (χ4n) is 3.01. The van der Waals surface area contributed by atoms with Crippen molar-refractivity contribution in [2.75, 3.05) is 19.4 Å². The number of aryl methyl sites for hydroxylation is 1. The predicted octanol–water partition coefficient (Wildman–Crippen LogP) is 1.78. The molecule has 0 saturated carbocycles. The summed E-state index contributed by atoms with van der Waals surface area (Å²) < 4.78 is 31.1. The van der Waals surface area contributed by atoms with Crippen LogP contribution in [0.25, 0.3) is 10.9 Å². The number of aromatic nitrogens is 1. The molecule has 1 aromatic carbocycles. The van der Waals surface area contributed by atoms with Crippen molar-refractivity contribution in [2.24, 2.45) is 0 Å². The summed E-state index contributed by atoms with van der Waals surface area (Å²) in [6.07, 6.45) is 2.86. The Morgan fingerprint density at radius 2 is 2.12 bits per heavy atom. The summed E-state index contributed by atoms with van der Waals surface area (Å²) in [7, 11) is -3.43. The number of nitrogens with one attached hydrogen (secondary N) is 1. The first-order chi connectivity index (χ1) is 11.3. The molecular formula is C17H22N2O4S. The average Bonchev–Trinajstić information content (AvgIpc) is 3.00. The van der Waals surface area contributed by atoms with E-state index in [0.29, 0.717) is 12.2 Å². The third-order valence-corrected chi connectivity index (χ3v) is 5.54. The van der Waals surface area contributed by atoms with E-state index in [-0.39, 0.29) is 24.8 Å². The van der Waals surface area contributed by atoms with Crippen molar-refractivity contribution in [3.05, 3.63) is 45.7 Å². The van der Waals surface area contributed by atoms with E-state index in [1.54, 1.807) is 6.07 Å². The van der Waals surface area contributed by atoms with E-state index in [1.165, 1.54) is 10.6 Å². The zero-order valence-electron chi connectivity index (χ0n) is 13.9. The number of nitrogens with zero attached hydrogens (tertiary/aromatic N) is 1. The number of pyridine rings is 1. The van der Waals surface area contributed by atoms with Gasteiger partial charge in [-0.2, -0.15) is 4.31 Å². The summed E-state index contributed by atoms with van der Waals surface area (Å²) in [5, 5.41) is 0.898. The third kappa shape index (κ3) is 3.85. The monoisotopic (exact) mass is 350 g/mol. The summed E-state index contributed by atoms with van der Waals surface area (Å²) in [5.41, 5.74) is 2.02. The van der Waals surface area contributed by atoms with Crippen molar-refractivity contribution >= 4 is 20.9 Å². The van der Waals surface area contributed by atoms with Gasteiger partial charge in [0.1, 0.15) is 0 Å². The van der Waals surface area contributed by atoms with Crippen LogP contribution in [0.2, 0.25) is 0 Å². The molecule has 1 aromatic heterocycles. The minimum atomic E-state index is -3.43. The van der Waals surface area contributed by atoms with Crippen LogP contribution < -0.4 is 5.56 Å². The van der Waals surface area contributed by atoms with Crippen LogP contribution in [-0.4, -0.2) is 43.2 Å². The number of fused-ring (bicyclic) bond motifs is 1. The second kappa shape index (κ2) is 6.66. The highest BCUT2D eigenvalue weighted by Gasteiger charge is 2.25. The van der Waals surface area contributed by atoms with Crippen molar-refractivity contribution in [1.29, 1.82) is 0 Å². The summed E-state index contributed by atoms with van der Waals surface area (Å²) in [5.74, 6) is 0. The van der Waals surface area contributed by atoms with Crippen LogP contribution in [0.1, 0.15) is 24.0 Å². The fraction of sp³-hybridized carbons (Fsp3) is 0.471. The van der Waals surface area contributed by atoms with Crippen molar-refractivity contribution in [1.82, 2.24) is 9.29 Å². The molecule has 1 saturated heterocycles. The molecule has 2 heterocycles. The van der Waals surface area contributed by atoms with Gasteiger partial charge < -0.3 is 9.72 Å². The molecule has 6 nitrogen and oxygen atoms in total. The van der Waals surface area contributed by atoms with E-state index in [4.69, 9.17) is 4.74 Å². The molecule has 0 aliphatic carbocycles. The van der Waals surface area contributed by atoms with Crippen molar-refractivity contribution in [2.45, 2.75) is 32.4 Å². The van der Waals surface area contributed by atoms with Gasteiger partial charge in [-0.25, -0.2) is 8.42 Å². The molecule has 1 N–H and O–H groups in total. The first-order valence-electron chi connectivity index (χ1n) is 8.02. The Kier molecular flexibility index (Phi) is 4.76. The molecule has 0 amide bonds. The predicted molar refractivity (Wildman–Crippen MR) is 93.5 cm³/mol. The van der Waals surface area contributed by atoms with Gasteiger partial charge in [0.15, 0.2) is 0 Å². The summed E-state index contributed by atoms with van der Waals surface area (Å²) in [6, 6.07) is 7.53. The minimum absolute atomic E-state index is 0.0535. The topological polar surface area (TPSA) is 79.5 Å². The molecule has 24 heavy (non-hydrogen) atoms. The molecule has 0 spiro atoms. The van der Waals surface area contributed by atoms with E-state index >= 15 is 0 Å². The number of rotatable bonds is 5. The second-order valence-corrected chi connectivity index (χ2v) is 8.39. The van der Waals surface area contributed by atoms with Crippen LogP contribution in [0.5, 0.6) is 0 Å². The van der Waals surface area contributed by atoms with Crippen molar-refractivity contribution in [3.8, 4) is 0 Å². The Hall–Kier alpha value is -1.70. The SMILES string of the molecule is Cc1ccc2[nH]c(=O)c(CN(C[C@H]3CCCO3)S(C)(=O)=O)cc2c1. The molecule has 130 valence electrons. The number of aromatic amines is 1. The average molecular weight is 350 g/mol. The minimum Gasteiger partial charge on any atom is -0.377 e. The number of hydrogen-bond acceptors (Lipinski definition) is 4. The van der Waals surface area contributed by atoms with Crippen LogP contribution in [0.15, 0.2) is 29.1 Å². The van der Waals surface area contributed by atoms with E-state index in [1.807, 2.05) is 25.1 Å². The molecule has 1 fully saturated rings. The molecule has 2 aromatic rings. The summed E-state index contributed by atoms with van der Waals surface area (Å²) >= 11 is 0. The lowest BCUT2D eigenvalue weighted by molar-refractivity contribution is 0.0927. The molecule has 1 aliphatic rings. The summed E-state index contributed by atoms with van der Waals surface area (Å²) in [4.78, 5) is 15.1. The molecule has 0 bridgehead atoms. The number of benzene rings is 1. The first-order valence-corrected chi connectivity index (χ1v) is 9.87. The Morgan fingerprint density at radius 3 is 2.79 bits per heavy atom. The fourth-order valence-corrected chi connectivity index (χ4v) is 3.82. The highest BCUT2D eigenvalue weighted by atomic mass is 32.2. The van der Waals surface area contributed by atoms with Crippen LogP contribution in [0.3, 0.4) is 0 Å². The van der Waals surface area contributed by atoms with Crippen molar-refractivity contribution in [3.63, 3.8) is 0 Å². The third-order valence-electron chi connectivity index (χ3n) is 4.32. The highest BCUT2D eigenvalue weighted by Crippen LogP contribution is 2.18. The first kappa shape index (κ1) is 17.1. The number of H-pyrrole nitrogens is 1. The van der Waals surface area contributed by atoms with Gasteiger partial charge in [0.25, 0.3) is 5.56 Å². The van der Waals surface area contributed by atoms with Gasteiger partial charge >= 0.3 is 0 Å². The molecule has 0 radical (unpaired) electrons. The molecule has 1 atom stereocenters. The molecule has 0 unspecified atom stereocenters. The van der Waals surface area contributed by atoms with E-state index in [9.17, 15) is 13.2 Å². The van der Waals surface area contributed by atoms with Crippen LogP contribution in [0, 0.1) is 6.92 Å². The van der Waals surface area contributed by atoms with Gasteiger partial charge in [-0.15, -0.1) is 0 Å². The van der Waals surface area contributed by atoms with Crippen LogP contribution >= 0.6 is 0 Å². The lowest BCUT2D eigenvalue weighted by Crippen LogP contribution is -2.37. The van der Waals surface area contributed by atoms with E-state index in [2.05, 4.69) is 4.98 Å². The van der Waals surface area contributed by atoms with E-state index < -0.39 is 10.0 Å². The van der Waals surface area contributed by atoms with Gasteiger partial charge in [0.2, 0.25) is 10.0 Å². The Bertz CT molecular complexity index is 898. The van der Waals surface area contributed by atoms with Crippen LogP contribution in [-0.2, 0) is 21.3 Å². The van der Waals surface area contributed by atoms with E-state index in [0.717, 1.165) is 29.3 Å². The highest BCUT2D eigenvalue weighted by molar-refractivity contribution is 7.88. The standard InChI is InChI=1S/C17H22N2O4S/c1-12-5-6-16-13(8-12)9-14(17(20)18-16)10-19(24(2,21)22)11-15-4-3-7-23-15/h5-6,8-9,15H,3-4,7,10-11H2,1-2H3,(H,18,20)/t15-/m1/s1. The Morgan fingerprint density at radius 1 is 1.33 bits per heavy atom. The lowest BCUT2D eigenvalue weighted by atomic mass is 10.1. The van der Waals surface area contributed by atoms with Crippen LogP contribution in [0.4, 0.5) is 0 Å². The van der Waals surface area contributed by atoms with Gasteiger partial charge in [-0.1, -0.05) is 11.6 Å². The Labute approximate surface area is 141 Å². The molecule has 1 aliphatic heterocycles. The Balaban J connectivity index is 1.92. The largest absolute Gasteiger partial charge is 0.377 e. The number of hydrogen-bond donors (Lipinski definition) is 1. The quantitative estimate of drug-likeness (QED) is 0.891. The maximum absolute atomic E-state index is 12.3. The zero-order valence-corrected chi connectivity index (χ0v) is 14.7. The van der Waals surface area contributed by atoms with Gasteiger partial charge in [0, 0.05) is 30.8 Å². The van der Waals surface area contributed by atoms with Gasteiger partial charge in [-0.3, -0.25) is 4.79 Å². The lowest BCUT2D eigenvalue weighted by Gasteiger charge is -2.22. The van der Waals surface area contributed by atoms with Gasteiger partial charge in [0.05, 0.1) is 12.4 Å². The maximum Gasteiger partial charge on any atom is 0.252 e. The normalized spacial score (nSPS) is 18.5. The number of ether oxygens (including phenoxy) is 1. The summed E-state index contributed by atoms with van der Waals surface area (Å²) in [6.45, 7) is 2.98. The second-order valence-electron chi connectivity index (χ2n) is 6.40. The maximum atomic E-state index is 12.3. The van der Waals surface area contributed by atoms with Crippen molar-refractivity contribution < 1.29 is 13.2 Å². The van der Waals surface area contributed by atoms with Gasteiger partial charge in [-0.05, 0) is 43.4 Å². The molecule has 3 rings (SSSR count). The smallest absolute Gasteiger partial charge is 0.252 e. The number of sulfonamides is 1.